The molecule has 0 bridgehead atoms. The summed E-state index contributed by atoms with van der Waals surface area (Å²) in [7, 11) is 0. The molecule has 0 aliphatic carbocycles. The summed E-state index contributed by atoms with van der Waals surface area (Å²) in [5, 5.41) is 3.56. The molecular formula is C16H18ClN3O. The highest BCUT2D eigenvalue weighted by molar-refractivity contribution is 6.31. The molecule has 0 saturated carbocycles. The van der Waals surface area contributed by atoms with Crippen LogP contribution in [0, 0.1) is 6.92 Å². The third kappa shape index (κ3) is 3.54. The zero-order chi connectivity index (χ0) is 15.4. The first kappa shape index (κ1) is 15.4. The van der Waals surface area contributed by atoms with Crippen LogP contribution in [0.4, 0.5) is 5.69 Å². The number of aryl methyl sites for hydroxylation is 1. The number of anilines is 1. The molecule has 0 spiro atoms. The van der Waals surface area contributed by atoms with Crippen LogP contribution in [0.5, 0.6) is 0 Å². The molecule has 2 aromatic rings. The van der Waals surface area contributed by atoms with E-state index in [-0.39, 0.29) is 11.9 Å². The molecule has 4 N–H and O–H groups in total. The van der Waals surface area contributed by atoms with Gasteiger partial charge >= 0.3 is 0 Å². The number of carbonyl (C=O) groups is 1. The van der Waals surface area contributed by atoms with E-state index in [2.05, 4.69) is 10.7 Å². The second kappa shape index (κ2) is 6.61. The molecule has 110 valence electrons. The Labute approximate surface area is 129 Å². The van der Waals surface area contributed by atoms with Gasteiger partial charge in [0.2, 0.25) is 0 Å². The lowest BCUT2D eigenvalue weighted by molar-refractivity contribution is 0.0940. The maximum absolute atomic E-state index is 12.4. The van der Waals surface area contributed by atoms with Crippen molar-refractivity contribution in [3.8, 4) is 0 Å². The highest BCUT2D eigenvalue weighted by atomic mass is 35.5. The number of rotatable bonds is 4. The Hall–Kier alpha value is -2.04. The molecule has 21 heavy (non-hydrogen) atoms. The van der Waals surface area contributed by atoms with Crippen LogP contribution in [0.1, 0.15) is 34.5 Å². The predicted molar refractivity (Wildman–Crippen MR) is 86.3 cm³/mol. The van der Waals surface area contributed by atoms with E-state index in [1.807, 2.05) is 44.2 Å². The Morgan fingerprint density at radius 3 is 2.62 bits per heavy atom. The molecule has 2 aromatic carbocycles. The third-order valence-electron chi connectivity index (χ3n) is 3.29. The molecule has 0 aliphatic rings. The number of amides is 1. The number of halogens is 1. The molecule has 2 rings (SSSR count). The van der Waals surface area contributed by atoms with Gasteiger partial charge in [-0.1, -0.05) is 35.9 Å². The van der Waals surface area contributed by atoms with Gasteiger partial charge in [-0.2, -0.15) is 0 Å². The molecule has 0 radical (unpaired) electrons. The predicted octanol–water partition coefficient (Wildman–Crippen LogP) is 3.43. The van der Waals surface area contributed by atoms with Crippen LogP contribution in [0.25, 0.3) is 0 Å². The van der Waals surface area contributed by atoms with Crippen LogP contribution in [0.15, 0.2) is 42.5 Å². The molecular weight excluding hydrogens is 286 g/mol. The van der Waals surface area contributed by atoms with Gasteiger partial charge in [0.1, 0.15) is 0 Å². The molecule has 0 saturated heterocycles. The quantitative estimate of drug-likeness (QED) is 0.599. The van der Waals surface area contributed by atoms with Crippen molar-refractivity contribution in [3.63, 3.8) is 0 Å². The number of benzene rings is 2. The van der Waals surface area contributed by atoms with Crippen molar-refractivity contribution in [2.45, 2.75) is 19.9 Å². The Morgan fingerprint density at radius 1 is 1.24 bits per heavy atom. The number of nitrogen functional groups attached to an aromatic ring is 1. The van der Waals surface area contributed by atoms with E-state index in [4.69, 9.17) is 17.4 Å². The van der Waals surface area contributed by atoms with Crippen LogP contribution in [0.2, 0.25) is 5.02 Å². The Morgan fingerprint density at radius 2 is 1.95 bits per heavy atom. The first-order chi connectivity index (χ1) is 10.0. The Balaban J connectivity index is 2.20. The second-order valence-electron chi connectivity index (χ2n) is 4.91. The maximum atomic E-state index is 12.4. The van der Waals surface area contributed by atoms with Crippen LogP contribution < -0.4 is 16.6 Å². The number of hydrogen-bond donors (Lipinski definition) is 3. The van der Waals surface area contributed by atoms with Crippen molar-refractivity contribution < 1.29 is 4.79 Å². The molecule has 1 atom stereocenters. The molecule has 0 heterocycles. The van der Waals surface area contributed by atoms with Crippen molar-refractivity contribution in [1.29, 1.82) is 0 Å². The van der Waals surface area contributed by atoms with Crippen LogP contribution in [0.3, 0.4) is 0 Å². The Kier molecular flexibility index (Phi) is 4.83. The number of hydrazine groups is 1. The minimum Gasteiger partial charge on any atom is -0.345 e. The monoisotopic (exact) mass is 303 g/mol. The molecule has 1 amide bonds. The highest BCUT2D eigenvalue weighted by Crippen LogP contribution is 2.23. The van der Waals surface area contributed by atoms with E-state index in [0.29, 0.717) is 16.3 Å². The van der Waals surface area contributed by atoms with Crippen LogP contribution in [-0.4, -0.2) is 5.91 Å². The fourth-order valence-corrected chi connectivity index (χ4v) is 2.45. The van der Waals surface area contributed by atoms with Gasteiger partial charge in [-0.25, -0.2) is 0 Å². The summed E-state index contributed by atoms with van der Waals surface area (Å²) < 4.78 is 0. The molecule has 0 fully saturated rings. The lowest BCUT2D eigenvalue weighted by atomic mass is 10.1. The Bertz CT molecular complexity index is 658. The standard InChI is InChI=1S/C16H18ClN3O/c1-10-7-8-13(15(9-10)20-18)16(21)19-11(2)12-5-3-4-6-14(12)17/h3-9,11,20H,18H2,1-2H3,(H,19,21). The zero-order valence-corrected chi connectivity index (χ0v) is 12.7. The van der Waals surface area contributed by atoms with Gasteiger partial charge in [0.25, 0.3) is 5.91 Å². The summed E-state index contributed by atoms with van der Waals surface area (Å²) in [4.78, 5) is 12.4. The average molecular weight is 304 g/mol. The second-order valence-corrected chi connectivity index (χ2v) is 5.32. The normalized spacial score (nSPS) is 11.8. The zero-order valence-electron chi connectivity index (χ0n) is 12.0. The van der Waals surface area contributed by atoms with Gasteiger partial charge in [-0.15, -0.1) is 0 Å². The van der Waals surface area contributed by atoms with E-state index < -0.39 is 0 Å². The van der Waals surface area contributed by atoms with E-state index in [1.54, 1.807) is 12.1 Å². The summed E-state index contributed by atoms with van der Waals surface area (Å²) in [5.74, 6) is 5.27. The van der Waals surface area contributed by atoms with Gasteiger partial charge in [-0.3, -0.25) is 10.6 Å². The smallest absolute Gasteiger partial charge is 0.253 e. The summed E-state index contributed by atoms with van der Waals surface area (Å²) in [6.07, 6.45) is 0. The molecule has 0 aromatic heterocycles. The number of nitrogens with one attached hydrogen (secondary N) is 2. The summed E-state index contributed by atoms with van der Waals surface area (Å²) in [5.41, 5.74) is 5.56. The SMILES string of the molecule is Cc1ccc(C(=O)NC(C)c2ccccc2Cl)c(NN)c1. The van der Waals surface area contributed by atoms with Crippen molar-refractivity contribution in [1.82, 2.24) is 5.32 Å². The minimum atomic E-state index is -0.199. The average Bonchev–Trinajstić information content (AvgIpc) is 2.47. The number of hydrogen-bond acceptors (Lipinski definition) is 3. The fourth-order valence-electron chi connectivity index (χ4n) is 2.15. The topological polar surface area (TPSA) is 67.2 Å². The molecule has 0 aliphatic heterocycles. The summed E-state index contributed by atoms with van der Waals surface area (Å²) in [6.45, 7) is 3.83. The van der Waals surface area contributed by atoms with E-state index in [0.717, 1.165) is 11.1 Å². The largest absolute Gasteiger partial charge is 0.345 e. The van der Waals surface area contributed by atoms with Gasteiger partial charge in [0.15, 0.2) is 0 Å². The van der Waals surface area contributed by atoms with Crippen molar-refractivity contribution >= 4 is 23.2 Å². The van der Waals surface area contributed by atoms with E-state index in [9.17, 15) is 4.79 Å². The number of nitrogens with two attached hydrogens (primary N) is 1. The van der Waals surface area contributed by atoms with Gasteiger partial charge in [-0.05, 0) is 43.2 Å². The number of carbonyl (C=O) groups excluding carboxylic acids is 1. The molecule has 4 nitrogen and oxygen atoms in total. The van der Waals surface area contributed by atoms with E-state index in [1.165, 1.54) is 0 Å². The van der Waals surface area contributed by atoms with Gasteiger partial charge in [0, 0.05) is 5.02 Å². The third-order valence-corrected chi connectivity index (χ3v) is 3.64. The molecule has 1 unspecified atom stereocenters. The van der Waals surface area contributed by atoms with Gasteiger partial charge < -0.3 is 10.7 Å². The fraction of sp³-hybridized carbons (Fsp3) is 0.188. The van der Waals surface area contributed by atoms with Crippen molar-refractivity contribution in [3.05, 3.63) is 64.2 Å². The highest BCUT2D eigenvalue weighted by Gasteiger charge is 2.16. The van der Waals surface area contributed by atoms with Crippen LogP contribution >= 0.6 is 11.6 Å². The van der Waals surface area contributed by atoms with Gasteiger partial charge in [0.05, 0.1) is 17.3 Å². The van der Waals surface area contributed by atoms with E-state index >= 15 is 0 Å². The lowest BCUT2D eigenvalue weighted by Crippen LogP contribution is -2.28. The van der Waals surface area contributed by atoms with Crippen molar-refractivity contribution in [2.75, 3.05) is 5.43 Å². The minimum absolute atomic E-state index is 0.196. The first-order valence-electron chi connectivity index (χ1n) is 6.65. The van der Waals surface area contributed by atoms with Crippen molar-refractivity contribution in [2.24, 2.45) is 5.84 Å². The van der Waals surface area contributed by atoms with Crippen LogP contribution in [-0.2, 0) is 0 Å². The molecule has 5 heteroatoms. The maximum Gasteiger partial charge on any atom is 0.253 e. The lowest BCUT2D eigenvalue weighted by Gasteiger charge is -2.17. The summed E-state index contributed by atoms with van der Waals surface area (Å²) in [6, 6.07) is 12.7. The summed E-state index contributed by atoms with van der Waals surface area (Å²) >= 11 is 6.14. The first-order valence-corrected chi connectivity index (χ1v) is 7.03.